The third-order valence-electron chi connectivity index (χ3n) is 4.20. The van der Waals surface area contributed by atoms with Gasteiger partial charge in [0.1, 0.15) is 22.0 Å². The topological polar surface area (TPSA) is 66.3 Å². The highest BCUT2D eigenvalue weighted by Gasteiger charge is 2.40. The van der Waals surface area contributed by atoms with Crippen molar-refractivity contribution < 1.29 is 9.53 Å². The largest absolute Gasteiger partial charge is 0.497 e. The molecule has 0 aromatic heterocycles. The molecule has 1 amide bonds. The van der Waals surface area contributed by atoms with Gasteiger partial charge in [-0.15, -0.1) is 0 Å². The zero-order valence-corrected chi connectivity index (χ0v) is 15.2. The molecule has 0 spiro atoms. The molecule has 26 heavy (non-hydrogen) atoms. The highest BCUT2D eigenvalue weighted by atomic mass is 32.2. The SMILES string of the molecule is COc1ccc(C2=N[C@@H]3N=C(c4ccccc4)S[C@@H]3N(C(C)=O)N2)cc1. The van der Waals surface area contributed by atoms with Crippen LogP contribution in [0.1, 0.15) is 18.1 Å². The summed E-state index contributed by atoms with van der Waals surface area (Å²) in [5, 5.41) is 2.32. The number of amidine groups is 1. The average molecular weight is 366 g/mol. The highest BCUT2D eigenvalue weighted by Crippen LogP contribution is 2.35. The van der Waals surface area contributed by atoms with Crippen molar-refractivity contribution in [2.24, 2.45) is 9.98 Å². The Morgan fingerprint density at radius 3 is 2.46 bits per heavy atom. The number of amides is 1. The first-order valence-corrected chi connectivity index (χ1v) is 9.12. The van der Waals surface area contributed by atoms with E-state index in [2.05, 4.69) is 5.43 Å². The third kappa shape index (κ3) is 3.06. The molecule has 6 nitrogen and oxygen atoms in total. The zero-order chi connectivity index (χ0) is 18.1. The molecule has 0 radical (unpaired) electrons. The second-order valence-corrected chi connectivity index (χ2v) is 7.03. The van der Waals surface area contributed by atoms with E-state index in [1.165, 1.54) is 0 Å². The molecule has 7 heteroatoms. The van der Waals surface area contributed by atoms with Crippen molar-refractivity contribution in [2.45, 2.75) is 18.5 Å². The number of aliphatic imine (C=N–C) groups is 2. The number of ether oxygens (including phenoxy) is 1. The predicted molar refractivity (Wildman–Crippen MR) is 103 cm³/mol. The standard InChI is InChI=1S/C19H18N4O2S/c1-12(24)23-19-17(21-18(26-19)14-6-4-3-5-7-14)20-16(22-23)13-8-10-15(25-2)11-9-13/h3-11,17,19H,1-2H3,(H,20,22)/t17-,19+/m1/s1. The van der Waals surface area contributed by atoms with Gasteiger partial charge in [0.15, 0.2) is 6.17 Å². The number of methoxy groups -OCH3 is 1. The summed E-state index contributed by atoms with van der Waals surface area (Å²) in [7, 11) is 1.63. The number of hydrogen-bond donors (Lipinski definition) is 1. The molecule has 1 N–H and O–H groups in total. The smallest absolute Gasteiger partial charge is 0.239 e. The number of nitrogens with one attached hydrogen (secondary N) is 1. The van der Waals surface area contributed by atoms with Crippen LogP contribution < -0.4 is 10.2 Å². The van der Waals surface area contributed by atoms with Gasteiger partial charge >= 0.3 is 0 Å². The first kappa shape index (κ1) is 16.7. The molecule has 132 valence electrons. The number of fused-ring (bicyclic) bond motifs is 1. The van der Waals surface area contributed by atoms with Gasteiger partial charge in [0.05, 0.1) is 7.11 Å². The number of carbonyl (C=O) groups excluding carboxylic acids is 1. The first-order valence-electron chi connectivity index (χ1n) is 8.24. The number of nitrogens with zero attached hydrogens (tertiary/aromatic N) is 3. The maximum absolute atomic E-state index is 12.2. The van der Waals surface area contributed by atoms with E-state index in [1.54, 1.807) is 30.8 Å². The van der Waals surface area contributed by atoms with Gasteiger partial charge in [0.2, 0.25) is 5.91 Å². The molecular weight excluding hydrogens is 348 g/mol. The van der Waals surface area contributed by atoms with E-state index >= 15 is 0 Å². The summed E-state index contributed by atoms with van der Waals surface area (Å²) in [6.07, 6.45) is -0.336. The molecule has 0 aliphatic carbocycles. The van der Waals surface area contributed by atoms with Gasteiger partial charge in [-0.3, -0.25) is 10.2 Å². The fourth-order valence-electron chi connectivity index (χ4n) is 2.88. The summed E-state index contributed by atoms with van der Waals surface area (Å²) < 4.78 is 5.20. The lowest BCUT2D eigenvalue weighted by Gasteiger charge is -2.34. The second kappa shape index (κ2) is 6.84. The molecule has 2 aliphatic rings. The average Bonchev–Trinajstić information content (AvgIpc) is 3.12. The maximum Gasteiger partial charge on any atom is 0.239 e. The number of rotatable bonds is 3. The summed E-state index contributed by atoms with van der Waals surface area (Å²) in [6.45, 7) is 1.54. The Labute approximate surface area is 156 Å². The third-order valence-corrected chi connectivity index (χ3v) is 5.46. The lowest BCUT2D eigenvalue weighted by Crippen LogP contribution is -2.56. The molecule has 0 fully saturated rings. The predicted octanol–water partition coefficient (Wildman–Crippen LogP) is 2.65. The first-order chi connectivity index (χ1) is 12.7. The van der Waals surface area contributed by atoms with E-state index in [0.717, 1.165) is 21.9 Å². The van der Waals surface area contributed by atoms with Crippen LogP contribution in [-0.2, 0) is 4.79 Å². The van der Waals surface area contributed by atoms with Crippen molar-refractivity contribution in [3.63, 3.8) is 0 Å². The minimum atomic E-state index is -0.336. The van der Waals surface area contributed by atoms with Crippen LogP contribution in [0.15, 0.2) is 64.6 Å². The van der Waals surface area contributed by atoms with E-state index in [-0.39, 0.29) is 17.4 Å². The van der Waals surface area contributed by atoms with Gasteiger partial charge in [0.25, 0.3) is 0 Å². The van der Waals surface area contributed by atoms with E-state index in [0.29, 0.717) is 5.84 Å². The van der Waals surface area contributed by atoms with E-state index in [4.69, 9.17) is 14.7 Å². The molecule has 2 aromatic rings. The molecule has 2 atom stereocenters. The van der Waals surface area contributed by atoms with Crippen LogP contribution in [-0.4, -0.2) is 40.4 Å². The van der Waals surface area contributed by atoms with Crippen molar-refractivity contribution in [3.8, 4) is 5.75 Å². The zero-order valence-electron chi connectivity index (χ0n) is 14.4. The molecular formula is C19H18N4O2S. The lowest BCUT2D eigenvalue weighted by atomic mass is 10.2. The molecule has 2 aliphatic heterocycles. The number of hydrogen-bond acceptors (Lipinski definition) is 6. The molecule has 2 aromatic carbocycles. The number of benzene rings is 2. The summed E-state index contributed by atoms with van der Waals surface area (Å²) in [4.78, 5) is 21.7. The monoisotopic (exact) mass is 366 g/mol. The summed E-state index contributed by atoms with van der Waals surface area (Å²) in [5.41, 5.74) is 5.07. The van der Waals surface area contributed by atoms with Crippen molar-refractivity contribution in [3.05, 3.63) is 65.7 Å². The fraction of sp³-hybridized carbons (Fsp3) is 0.211. The molecule has 0 saturated heterocycles. The van der Waals surface area contributed by atoms with Gasteiger partial charge < -0.3 is 4.74 Å². The Balaban J connectivity index is 1.68. The summed E-state index contributed by atoms with van der Waals surface area (Å²) in [5.74, 6) is 1.33. The Morgan fingerprint density at radius 1 is 1.08 bits per heavy atom. The van der Waals surface area contributed by atoms with E-state index in [9.17, 15) is 4.79 Å². The van der Waals surface area contributed by atoms with Crippen LogP contribution in [0.3, 0.4) is 0 Å². The van der Waals surface area contributed by atoms with E-state index in [1.807, 2.05) is 54.6 Å². The van der Waals surface area contributed by atoms with Crippen molar-refractivity contribution in [1.82, 2.24) is 10.4 Å². The van der Waals surface area contributed by atoms with Crippen LogP contribution in [0.5, 0.6) is 5.75 Å². The Bertz CT molecular complexity index is 880. The summed E-state index contributed by atoms with van der Waals surface area (Å²) >= 11 is 1.55. The Hall–Kier alpha value is -2.80. The number of hydrazine groups is 1. The molecule has 2 heterocycles. The second-order valence-electron chi connectivity index (χ2n) is 5.93. The van der Waals surface area contributed by atoms with Crippen LogP contribution >= 0.6 is 11.8 Å². The Kier molecular flexibility index (Phi) is 4.38. The van der Waals surface area contributed by atoms with Crippen LogP contribution in [0.2, 0.25) is 0 Å². The Morgan fingerprint density at radius 2 is 1.81 bits per heavy atom. The number of thioether (sulfide) groups is 1. The minimum Gasteiger partial charge on any atom is -0.497 e. The van der Waals surface area contributed by atoms with Gasteiger partial charge in [-0.05, 0) is 24.3 Å². The molecule has 0 bridgehead atoms. The minimum absolute atomic E-state index is 0.0714. The lowest BCUT2D eigenvalue weighted by molar-refractivity contribution is -0.132. The van der Waals surface area contributed by atoms with Crippen molar-refractivity contribution in [2.75, 3.05) is 7.11 Å². The summed E-state index contributed by atoms with van der Waals surface area (Å²) in [6, 6.07) is 17.5. The van der Waals surface area contributed by atoms with Crippen LogP contribution in [0.4, 0.5) is 0 Å². The van der Waals surface area contributed by atoms with E-state index < -0.39 is 0 Å². The normalized spacial score (nSPS) is 21.4. The molecule has 0 unspecified atom stereocenters. The number of carbonyl (C=O) groups is 1. The van der Waals surface area contributed by atoms with Crippen molar-refractivity contribution >= 4 is 28.5 Å². The maximum atomic E-state index is 12.2. The van der Waals surface area contributed by atoms with Crippen LogP contribution in [0.25, 0.3) is 0 Å². The van der Waals surface area contributed by atoms with Gasteiger partial charge in [-0.2, -0.15) is 0 Å². The van der Waals surface area contributed by atoms with Gasteiger partial charge in [-0.1, -0.05) is 42.1 Å². The molecule has 0 saturated carbocycles. The quantitative estimate of drug-likeness (QED) is 0.907. The van der Waals surface area contributed by atoms with Gasteiger partial charge in [0, 0.05) is 18.1 Å². The highest BCUT2D eigenvalue weighted by molar-refractivity contribution is 8.15. The molecule has 4 rings (SSSR count). The van der Waals surface area contributed by atoms with Gasteiger partial charge in [-0.25, -0.2) is 15.0 Å². The fourth-order valence-corrected chi connectivity index (χ4v) is 4.10. The van der Waals surface area contributed by atoms with Crippen molar-refractivity contribution in [1.29, 1.82) is 0 Å². The van der Waals surface area contributed by atoms with Crippen LogP contribution in [0, 0.1) is 0 Å².